The number of carbonyl (C=O) groups excluding carboxylic acids is 1. The first-order valence-electron chi connectivity index (χ1n) is 7.09. The van der Waals surface area contributed by atoms with Crippen molar-refractivity contribution in [2.24, 2.45) is 0 Å². The van der Waals surface area contributed by atoms with Gasteiger partial charge in [0, 0.05) is 12.8 Å². The number of carbonyl (C=O) groups is 1. The molecule has 1 fully saturated rings. The SMILES string of the molecule is CCCCO[C@H]1CC[C@@H]1n1cc(C(=O)OCC)cn1. The molecular formula is C14H22N2O3. The third-order valence-electron chi connectivity index (χ3n) is 3.46. The van der Waals surface area contributed by atoms with Crippen LogP contribution >= 0.6 is 0 Å². The highest BCUT2D eigenvalue weighted by molar-refractivity contribution is 5.88. The molecule has 0 radical (unpaired) electrons. The van der Waals surface area contributed by atoms with Crippen molar-refractivity contribution in [3.8, 4) is 0 Å². The Morgan fingerprint density at radius 3 is 2.95 bits per heavy atom. The standard InChI is InChI=1S/C14H22N2O3/c1-3-5-8-19-13-7-6-12(13)16-10-11(9-15-16)14(17)18-4-2/h9-10,12-13H,3-8H2,1-2H3/t12-,13-/m0/s1. The minimum Gasteiger partial charge on any atom is -0.462 e. The Kier molecular flexibility index (Phi) is 4.96. The Hall–Kier alpha value is -1.36. The van der Waals surface area contributed by atoms with E-state index in [0.717, 1.165) is 32.3 Å². The first-order chi connectivity index (χ1) is 9.26. The Bertz CT molecular complexity index is 417. The molecule has 2 atom stereocenters. The normalized spacial score (nSPS) is 22.0. The number of nitrogens with zero attached hydrogens (tertiary/aromatic N) is 2. The lowest BCUT2D eigenvalue weighted by molar-refractivity contribution is -0.0444. The number of aromatic nitrogens is 2. The van der Waals surface area contributed by atoms with Crippen LogP contribution in [0.4, 0.5) is 0 Å². The minimum atomic E-state index is -0.309. The Morgan fingerprint density at radius 1 is 1.47 bits per heavy atom. The second kappa shape index (κ2) is 6.70. The number of rotatable bonds is 7. The van der Waals surface area contributed by atoms with Crippen LogP contribution in [-0.4, -0.2) is 35.1 Å². The first-order valence-corrected chi connectivity index (χ1v) is 7.09. The Labute approximate surface area is 113 Å². The zero-order chi connectivity index (χ0) is 13.7. The van der Waals surface area contributed by atoms with Crippen LogP contribution in [-0.2, 0) is 9.47 Å². The quantitative estimate of drug-likeness (QED) is 0.562. The molecule has 1 aliphatic rings. The van der Waals surface area contributed by atoms with Crippen LogP contribution in [0.5, 0.6) is 0 Å². The predicted molar refractivity (Wildman–Crippen MR) is 71.1 cm³/mol. The number of hydrogen-bond donors (Lipinski definition) is 0. The van der Waals surface area contributed by atoms with Crippen LogP contribution in [0, 0.1) is 0 Å². The molecule has 0 spiro atoms. The minimum absolute atomic E-state index is 0.237. The number of ether oxygens (including phenoxy) is 2. The van der Waals surface area contributed by atoms with E-state index in [2.05, 4.69) is 12.0 Å². The highest BCUT2D eigenvalue weighted by Gasteiger charge is 2.34. The molecule has 0 bridgehead atoms. The molecule has 0 amide bonds. The van der Waals surface area contributed by atoms with Gasteiger partial charge in [0.05, 0.1) is 30.5 Å². The van der Waals surface area contributed by atoms with Crippen molar-refractivity contribution in [1.82, 2.24) is 9.78 Å². The van der Waals surface area contributed by atoms with Gasteiger partial charge in [-0.1, -0.05) is 13.3 Å². The van der Waals surface area contributed by atoms with E-state index in [1.54, 1.807) is 19.3 Å². The lowest BCUT2D eigenvalue weighted by Gasteiger charge is -2.36. The summed E-state index contributed by atoms with van der Waals surface area (Å²) >= 11 is 0. The molecule has 1 aromatic rings. The van der Waals surface area contributed by atoms with Crippen molar-refractivity contribution in [3.63, 3.8) is 0 Å². The van der Waals surface area contributed by atoms with E-state index in [4.69, 9.17) is 9.47 Å². The maximum atomic E-state index is 11.6. The molecule has 1 heterocycles. The molecule has 0 saturated heterocycles. The second-order valence-corrected chi connectivity index (χ2v) is 4.84. The molecule has 5 nitrogen and oxygen atoms in total. The van der Waals surface area contributed by atoms with Gasteiger partial charge < -0.3 is 9.47 Å². The molecular weight excluding hydrogens is 244 g/mol. The topological polar surface area (TPSA) is 53.4 Å². The van der Waals surface area contributed by atoms with Gasteiger partial charge in [0.25, 0.3) is 0 Å². The maximum Gasteiger partial charge on any atom is 0.341 e. The van der Waals surface area contributed by atoms with Gasteiger partial charge >= 0.3 is 5.97 Å². The Morgan fingerprint density at radius 2 is 2.32 bits per heavy atom. The second-order valence-electron chi connectivity index (χ2n) is 4.84. The molecule has 0 aromatic carbocycles. The molecule has 19 heavy (non-hydrogen) atoms. The van der Waals surface area contributed by atoms with Crippen molar-refractivity contribution in [3.05, 3.63) is 18.0 Å². The predicted octanol–water partition coefficient (Wildman–Crippen LogP) is 2.58. The van der Waals surface area contributed by atoms with Crippen LogP contribution in [0.1, 0.15) is 55.9 Å². The molecule has 0 aliphatic heterocycles. The lowest BCUT2D eigenvalue weighted by atomic mass is 9.89. The van der Waals surface area contributed by atoms with Crippen molar-refractivity contribution in [2.75, 3.05) is 13.2 Å². The lowest BCUT2D eigenvalue weighted by Crippen LogP contribution is -2.36. The average Bonchev–Trinajstić information content (AvgIpc) is 2.83. The largest absolute Gasteiger partial charge is 0.462 e. The van der Waals surface area contributed by atoms with Crippen molar-refractivity contribution in [2.45, 2.75) is 51.7 Å². The fraction of sp³-hybridized carbons (Fsp3) is 0.714. The third-order valence-corrected chi connectivity index (χ3v) is 3.46. The van der Waals surface area contributed by atoms with E-state index in [-0.39, 0.29) is 18.1 Å². The summed E-state index contributed by atoms with van der Waals surface area (Å²) in [5.41, 5.74) is 0.515. The zero-order valence-electron chi connectivity index (χ0n) is 11.7. The van der Waals surface area contributed by atoms with Gasteiger partial charge in [-0.05, 0) is 26.2 Å². The summed E-state index contributed by atoms with van der Waals surface area (Å²) in [7, 11) is 0. The molecule has 1 saturated carbocycles. The summed E-state index contributed by atoms with van der Waals surface area (Å²) in [6, 6.07) is 0.264. The van der Waals surface area contributed by atoms with Gasteiger partial charge in [0.1, 0.15) is 0 Å². The first kappa shape index (κ1) is 14.1. The molecule has 0 unspecified atom stereocenters. The van der Waals surface area contributed by atoms with E-state index >= 15 is 0 Å². The van der Waals surface area contributed by atoms with Crippen molar-refractivity contribution >= 4 is 5.97 Å². The fourth-order valence-electron chi connectivity index (χ4n) is 2.17. The average molecular weight is 266 g/mol. The van der Waals surface area contributed by atoms with Crippen molar-refractivity contribution in [1.29, 1.82) is 0 Å². The van der Waals surface area contributed by atoms with Gasteiger partial charge in [-0.2, -0.15) is 5.10 Å². The van der Waals surface area contributed by atoms with Gasteiger partial charge in [0.2, 0.25) is 0 Å². The Balaban J connectivity index is 1.89. The van der Waals surface area contributed by atoms with Gasteiger partial charge in [0.15, 0.2) is 0 Å². The maximum absolute atomic E-state index is 11.6. The summed E-state index contributed by atoms with van der Waals surface area (Å²) in [6.07, 6.45) is 7.94. The van der Waals surface area contributed by atoms with Gasteiger partial charge in [-0.15, -0.1) is 0 Å². The molecule has 2 rings (SSSR count). The molecule has 1 aromatic heterocycles. The number of unbranched alkanes of at least 4 members (excludes halogenated alkanes) is 1. The third kappa shape index (κ3) is 3.35. The fourth-order valence-corrected chi connectivity index (χ4v) is 2.17. The van der Waals surface area contributed by atoms with Gasteiger partial charge in [-0.3, -0.25) is 4.68 Å². The highest BCUT2D eigenvalue weighted by Crippen LogP contribution is 2.34. The molecule has 5 heteroatoms. The summed E-state index contributed by atoms with van der Waals surface area (Å²) in [4.78, 5) is 11.6. The molecule has 0 N–H and O–H groups in total. The van der Waals surface area contributed by atoms with Crippen LogP contribution in [0.15, 0.2) is 12.4 Å². The van der Waals surface area contributed by atoms with E-state index in [9.17, 15) is 4.79 Å². The highest BCUT2D eigenvalue weighted by atomic mass is 16.5. The van der Waals surface area contributed by atoms with E-state index in [1.165, 1.54) is 0 Å². The zero-order valence-corrected chi connectivity index (χ0v) is 11.7. The monoisotopic (exact) mass is 266 g/mol. The van der Waals surface area contributed by atoms with Crippen LogP contribution < -0.4 is 0 Å². The summed E-state index contributed by atoms with van der Waals surface area (Å²) < 4.78 is 12.6. The van der Waals surface area contributed by atoms with E-state index in [1.807, 2.05) is 4.68 Å². The van der Waals surface area contributed by atoms with Crippen LogP contribution in [0.2, 0.25) is 0 Å². The van der Waals surface area contributed by atoms with E-state index in [0.29, 0.717) is 12.2 Å². The van der Waals surface area contributed by atoms with Crippen molar-refractivity contribution < 1.29 is 14.3 Å². The van der Waals surface area contributed by atoms with E-state index < -0.39 is 0 Å². The van der Waals surface area contributed by atoms with Crippen LogP contribution in [0.25, 0.3) is 0 Å². The van der Waals surface area contributed by atoms with Crippen LogP contribution in [0.3, 0.4) is 0 Å². The summed E-state index contributed by atoms with van der Waals surface area (Å²) in [5, 5.41) is 4.26. The van der Waals surface area contributed by atoms with Gasteiger partial charge in [-0.25, -0.2) is 4.79 Å². The summed E-state index contributed by atoms with van der Waals surface area (Å²) in [5.74, 6) is -0.309. The summed E-state index contributed by atoms with van der Waals surface area (Å²) in [6.45, 7) is 5.15. The molecule has 106 valence electrons. The smallest absolute Gasteiger partial charge is 0.341 e. The molecule has 1 aliphatic carbocycles. The number of hydrogen-bond acceptors (Lipinski definition) is 4. The number of esters is 1.